The van der Waals surface area contributed by atoms with Crippen molar-refractivity contribution in [3.05, 3.63) is 64.2 Å². The van der Waals surface area contributed by atoms with Gasteiger partial charge in [-0.15, -0.1) is 0 Å². The highest BCUT2D eigenvalue weighted by Crippen LogP contribution is 2.26. The molecule has 0 spiro atoms. The minimum absolute atomic E-state index is 0.0687. The summed E-state index contributed by atoms with van der Waals surface area (Å²) >= 11 is 6.39. The van der Waals surface area contributed by atoms with Crippen LogP contribution in [0.15, 0.2) is 42.5 Å². The second kappa shape index (κ2) is 13.1. The Morgan fingerprint density at radius 2 is 1.72 bits per heavy atom. The van der Waals surface area contributed by atoms with Crippen molar-refractivity contribution in [3.63, 3.8) is 0 Å². The van der Waals surface area contributed by atoms with Gasteiger partial charge in [0, 0.05) is 32.2 Å². The first-order chi connectivity index (χ1) is 16.9. The van der Waals surface area contributed by atoms with Crippen LogP contribution in [0.1, 0.15) is 43.4 Å². The van der Waals surface area contributed by atoms with Gasteiger partial charge in [-0.05, 0) is 55.5 Å². The Balaban J connectivity index is 2.56. The van der Waals surface area contributed by atoms with Crippen LogP contribution >= 0.6 is 11.6 Å². The highest BCUT2D eigenvalue weighted by Gasteiger charge is 2.34. The molecule has 1 N–H and O–H groups in total. The van der Waals surface area contributed by atoms with E-state index in [1.165, 1.54) is 19.0 Å². The number of nitrogens with zero attached hydrogens (tertiary/aromatic N) is 3. The van der Waals surface area contributed by atoms with Crippen molar-refractivity contribution in [2.45, 2.75) is 53.1 Å². The van der Waals surface area contributed by atoms with Crippen LogP contribution in [0.3, 0.4) is 0 Å². The molecule has 198 valence electrons. The number of hydrogen-bond acceptors (Lipinski definition) is 4. The third kappa shape index (κ3) is 7.21. The number of rotatable bonds is 12. The van der Waals surface area contributed by atoms with Crippen molar-refractivity contribution in [2.24, 2.45) is 0 Å². The quantitative estimate of drug-likeness (QED) is 0.445. The van der Waals surface area contributed by atoms with E-state index in [-0.39, 0.29) is 12.5 Å². The molecule has 8 nitrogen and oxygen atoms in total. The average molecular weight is 537 g/mol. The first kappa shape index (κ1) is 29.6. The third-order valence-electron chi connectivity index (χ3n) is 5.89. The van der Waals surface area contributed by atoms with Crippen LogP contribution in [-0.2, 0) is 26.3 Å². The Bertz CT molecular complexity index is 1170. The van der Waals surface area contributed by atoms with Gasteiger partial charge in [0.2, 0.25) is 11.8 Å². The fourth-order valence-corrected chi connectivity index (χ4v) is 5.09. The molecule has 36 heavy (non-hydrogen) atoms. The van der Waals surface area contributed by atoms with Gasteiger partial charge in [0.05, 0.1) is 5.69 Å². The minimum Gasteiger partial charge on any atom is -0.354 e. The summed E-state index contributed by atoms with van der Waals surface area (Å²) in [5, 5.41) is 3.33. The van der Waals surface area contributed by atoms with Crippen LogP contribution in [0.25, 0.3) is 0 Å². The number of nitrogens with one attached hydrogen (secondary N) is 1. The van der Waals surface area contributed by atoms with Crippen molar-refractivity contribution >= 4 is 39.3 Å². The smallest absolute Gasteiger partial charge is 0.304 e. The van der Waals surface area contributed by atoms with E-state index in [2.05, 4.69) is 5.32 Å². The lowest BCUT2D eigenvalue weighted by atomic mass is 10.1. The molecule has 0 unspecified atom stereocenters. The summed E-state index contributed by atoms with van der Waals surface area (Å²) < 4.78 is 28.9. The maximum absolute atomic E-state index is 13.9. The number of halogens is 1. The lowest BCUT2D eigenvalue weighted by molar-refractivity contribution is -0.140. The fourth-order valence-electron chi connectivity index (χ4n) is 3.79. The topological polar surface area (TPSA) is 90.0 Å². The molecule has 0 bridgehead atoms. The number of benzene rings is 2. The molecule has 2 amide bonds. The van der Waals surface area contributed by atoms with Crippen LogP contribution in [0.4, 0.5) is 5.69 Å². The molecule has 0 fully saturated rings. The maximum atomic E-state index is 13.9. The van der Waals surface area contributed by atoms with Crippen LogP contribution in [0, 0.1) is 13.8 Å². The summed E-state index contributed by atoms with van der Waals surface area (Å²) in [5.74, 6) is -0.784. The Morgan fingerprint density at radius 1 is 1.06 bits per heavy atom. The summed E-state index contributed by atoms with van der Waals surface area (Å²) in [6.07, 6.45) is 1.11. The van der Waals surface area contributed by atoms with Gasteiger partial charge >= 0.3 is 10.2 Å². The maximum Gasteiger partial charge on any atom is 0.304 e. The van der Waals surface area contributed by atoms with Gasteiger partial charge in [-0.3, -0.25) is 9.59 Å². The highest BCUT2D eigenvalue weighted by molar-refractivity contribution is 7.90. The van der Waals surface area contributed by atoms with Gasteiger partial charge in [0.15, 0.2) is 0 Å². The second-order valence-corrected chi connectivity index (χ2v) is 11.4. The molecular weight excluding hydrogens is 500 g/mol. The molecule has 0 radical (unpaired) electrons. The highest BCUT2D eigenvalue weighted by atomic mass is 35.5. The molecule has 0 aliphatic rings. The first-order valence-electron chi connectivity index (χ1n) is 12.0. The van der Waals surface area contributed by atoms with Crippen molar-refractivity contribution in [1.82, 2.24) is 14.5 Å². The molecule has 0 aromatic heterocycles. The standard InChI is InChI=1S/C26H37ClN4O4S/c1-7-15-28-26(33)23(8-2)30(17-21-11-9-10-12-22(21)27)25(32)18-31(36(34,35)29(5)6)24-16-19(3)13-14-20(24)4/h9-14,16,23H,7-8,15,17-18H2,1-6H3,(H,28,33)/t23-/m1/s1. The van der Waals surface area contributed by atoms with E-state index < -0.39 is 28.7 Å². The number of anilines is 1. The number of amides is 2. The lowest BCUT2D eigenvalue weighted by Gasteiger charge is -2.34. The average Bonchev–Trinajstić information content (AvgIpc) is 2.83. The van der Waals surface area contributed by atoms with Crippen molar-refractivity contribution < 1.29 is 18.0 Å². The zero-order chi connectivity index (χ0) is 27.0. The second-order valence-electron chi connectivity index (χ2n) is 8.91. The summed E-state index contributed by atoms with van der Waals surface area (Å²) in [6.45, 7) is 7.51. The molecule has 0 aliphatic heterocycles. The number of carbonyl (C=O) groups is 2. The molecule has 1 atom stereocenters. The predicted molar refractivity (Wildman–Crippen MR) is 145 cm³/mol. The minimum atomic E-state index is -4.02. The molecule has 0 saturated carbocycles. The molecule has 0 saturated heterocycles. The summed E-state index contributed by atoms with van der Waals surface area (Å²) in [7, 11) is -1.17. The van der Waals surface area contributed by atoms with E-state index in [0.717, 1.165) is 20.6 Å². The SMILES string of the molecule is CCCNC(=O)[C@@H](CC)N(Cc1ccccc1Cl)C(=O)CN(c1cc(C)ccc1C)S(=O)(=O)N(C)C. The molecular formula is C26H37ClN4O4S. The molecule has 10 heteroatoms. The summed E-state index contributed by atoms with van der Waals surface area (Å²) in [5.41, 5.74) is 2.66. The first-order valence-corrected chi connectivity index (χ1v) is 13.8. The molecule has 2 aromatic rings. The molecule has 2 aromatic carbocycles. The van der Waals surface area contributed by atoms with E-state index in [4.69, 9.17) is 11.6 Å². The van der Waals surface area contributed by atoms with Crippen LogP contribution in [-0.4, -0.2) is 62.7 Å². The Hall–Kier alpha value is -2.62. The van der Waals surface area contributed by atoms with Crippen LogP contribution in [0.5, 0.6) is 0 Å². The number of aryl methyl sites for hydroxylation is 2. The van der Waals surface area contributed by atoms with Crippen molar-refractivity contribution in [2.75, 3.05) is 31.5 Å². The molecule has 2 rings (SSSR count). The zero-order valence-electron chi connectivity index (χ0n) is 21.9. The van der Waals surface area contributed by atoms with Crippen molar-refractivity contribution in [1.29, 1.82) is 0 Å². The van der Waals surface area contributed by atoms with Gasteiger partial charge in [-0.1, -0.05) is 55.8 Å². The number of carbonyl (C=O) groups excluding carboxylic acids is 2. The van der Waals surface area contributed by atoms with Gasteiger partial charge in [-0.2, -0.15) is 12.7 Å². The monoisotopic (exact) mass is 536 g/mol. The zero-order valence-corrected chi connectivity index (χ0v) is 23.5. The van der Waals surface area contributed by atoms with Crippen molar-refractivity contribution in [3.8, 4) is 0 Å². The van der Waals surface area contributed by atoms with Gasteiger partial charge in [-0.25, -0.2) is 4.31 Å². The molecule has 0 aliphatic carbocycles. The Kier molecular flexibility index (Phi) is 10.8. The Labute approximate surface area is 220 Å². The molecule has 0 heterocycles. The Morgan fingerprint density at radius 3 is 2.31 bits per heavy atom. The summed E-state index contributed by atoms with van der Waals surface area (Å²) in [4.78, 5) is 28.3. The van der Waals surface area contributed by atoms with E-state index in [1.807, 2.05) is 32.9 Å². The predicted octanol–water partition coefficient (Wildman–Crippen LogP) is 3.90. The van der Waals surface area contributed by atoms with Crippen LogP contribution < -0.4 is 9.62 Å². The lowest BCUT2D eigenvalue weighted by Crippen LogP contribution is -2.53. The van der Waals surface area contributed by atoms with E-state index in [1.54, 1.807) is 37.3 Å². The van der Waals surface area contributed by atoms with E-state index >= 15 is 0 Å². The van der Waals surface area contributed by atoms with Crippen LogP contribution in [0.2, 0.25) is 5.02 Å². The largest absolute Gasteiger partial charge is 0.354 e. The summed E-state index contributed by atoms with van der Waals surface area (Å²) in [6, 6.07) is 11.8. The van der Waals surface area contributed by atoms with E-state index in [9.17, 15) is 18.0 Å². The fraction of sp³-hybridized carbons (Fsp3) is 0.462. The van der Waals surface area contributed by atoms with E-state index in [0.29, 0.717) is 34.8 Å². The number of hydrogen-bond donors (Lipinski definition) is 1. The normalized spacial score (nSPS) is 12.3. The third-order valence-corrected chi connectivity index (χ3v) is 8.06. The van der Waals surface area contributed by atoms with Gasteiger partial charge < -0.3 is 10.2 Å². The van der Waals surface area contributed by atoms with Gasteiger partial charge in [0.1, 0.15) is 12.6 Å². The van der Waals surface area contributed by atoms with Gasteiger partial charge in [0.25, 0.3) is 0 Å².